The number of hydrogen-bond acceptors (Lipinski definition) is 5. The molecule has 2 aromatic rings. The molecule has 2 aromatic heterocycles. The van der Waals surface area contributed by atoms with Crippen molar-refractivity contribution in [1.29, 1.82) is 0 Å². The first-order chi connectivity index (χ1) is 9.60. The molecular weight excluding hydrogens is 250 g/mol. The van der Waals surface area contributed by atoms with E-state index >= 15 is 0 Å². The van der Waals surface area contributed by atoms with E-state index in [1.165, 1.54) is 0 Å². The smallest absolute Gasteiger partial charge is 0.225 e. The van der Waals surface area contributed by atoms with E-state index < -0.39 is 0 Å². The minimum atomic E-state index is 0.701. The van der Waals surface area contributed by atoms with E-state index in [0.29, 0.717) is 6.54 Å². The number of aromatic nitrogens is 3. The highest BCUT2D eigenvalue weighted by Gasteiger charge is 2.08. The van der Waals surface area contributed by atoms with Crippen molar-refractivity contribution in [2.45, 2.75) is 26.9 Å². The fourth-order valence-electron chi connectivity index (χ4n) is 2.03. The minimum Gasteiger partial charge on any atom is -0.338 e. The Bertz CT molecular complexity index is 582. The molecule has 0 aliphatic rings. The normalized spacial score (nSPS) is 10.6. The molecule has 2 heterocycles. The number of nitrogens with one attached hydrogen (secondary N) is 1. The largest absolute Gasteiger partial charge is 0.338 e. The first-order valence-corrected chi connectivity index (χ1v) is 6.71. The third kappa shape index (κ3) is 3.51. The molecule has 20 heavy (non-hydrogen) atoms. The van der Waals surface area contributed by atoms with Crippen LogP contribution in [0.4, 0.5) is 5.95 Å². The molecule has 0 aliphatic heterocycles. The summed E-state index contributed by atoms with van der Waals surface area (Å²) in [6.07, 6.45) is 1.88. The van der Waals surface area contributed by atoms with Crippen molar-refractivity contribution >= 4 is 5.95 Å². The Labute approximate surface area is 120 Å². The van der Waals surface area contributed by atoms with Gasteiger partial charge in [-0.05, 0) is 33.0 Å². The first kappa shape index (κ1) is 14.4. The monoisotopic (exact) mass is 271 g/mol. The van der Waals surface area contributed by atoms with Crippen LogP contribution in [0.25, 0.3) is 0 Å². The Kier molecular flexibility index (Phi) is 4.63. The van der Waals surface area contributed by atoms with Crippen molar-refractivity contribution in [3.63, 3.8) is 0 Å². The van der Waals surface area contributed by atoms with E-state index in [9.17, 15) is 0 Å². The lowest BCUT2D eigenvalue weighted by Crippen LogP contribution is -2.21. The molecule has 0 amide bonds. The highest BCUT2D eigenvalue weighted by molar-refractivity contribution is 5.32. The first-order valence-electron chi connectivity index (χ1n) is 6.71. The SMILES string of the molecule is CNCc1cnc(N(C)Cc2cccc(C)n2)nc1C. The molecule has 0 saturated carbocycles. The van der Waals surface area contributed by atoms with Crippen molar-refractivity contribution in [1.82, 2.24) is 20.3 Å². The maximum atomic E-state index is 4.56. The lowest BCUT2D eigenvalue weighted by Gasteiger charge is -2.18. The molecule has 0 aromatic carbocycles. The predicted molar refractivity (Wildman–Crippen MR) is 80.6 cm³/mol. The zero-order valence-corrected chi connectivity index (χ0v) is 12.5. The van der Waals surface area contributed by atoms with Gasteiger partial charge in [0.05, 0.1) is 12.2 Å². The number of anilines is 1. The van der Waals surface area contributed by atoms with Crippen LogP contribution >= 0.6 is 0 Å². The standard InChI is InChI=1S/C15H21N5/c1-11-6-5-7-14(18-11)10-20(4)15-17-9-13(8-16-3)12(2)19-15/h5-7,9,16H,8,10H2,1-4H3. The maximum Gasteiger partial charge on any atom is 0.225 e. The summed E-state index contributed by atoms with van der Waals surface area (Å²) in [5.74, 6) is 0.727. The van der Waals surface area contributed by atoms with Crippen LogP contribution in [0.5, 0.6) is 0 Å². The van der Waals surface area contributed by atoms with Crippen molar-refractivity contribution in [2.24, 2.45) is 0 Å². The van der Waals surface area contributed by atoms with E-state index in [1.807, 2.05) is 57.2 Å². The molecular formula is C15H21N5. The third-order valence-corrected chi connectivity index (χ3v) is 3.12. The molecule has 106 valence electrons. The van der Waals surface area contributed by atoms with E-state index in [4.69, 9.17) is 0 Å². The molecule has 1 N–H and O–H groups in total. The van der Waals surface area contributed by atoms with Gasteiger partial charge in [0.15, 0.2) is 0 Å². The molecule has 5 heteroatoms. The van der Waals surface area contributed by atoms with Gasteiger partial charge >= 0.3 is 0 Å². The van der Waals surface area contributed by atoms with E-state index in [-0.39, 0.29) is 0 Å². The highest BCUT2D eigenvalue weighted by atomic mass is 15.2. The minimum absolute atomic E-state index is 0.701. The maximum absolute atomic E-state index is 4.56. The second-order valence-electron chi connectivity index (χ2n) is 4.94. The van der Waals surface area contributed by atoms with Gasteiger partial charge in [-0.2, -0.15) is 0 Å². The molecule has 0 spiro atoms. The predicted octanol–water partition coefficient (Wildman–Crippen LogP) is 1.84. The average Bonchev–Trinajstić information content (AvgIpc) is 2.41. The number of pyridine rings is 1. The number of nitrogens with zero attached hydrogens (tertiary/aromatic N) is 4. The van der Waals surface area contributed by atoms with Crippen molar-refractivity contribution in [3.8, 4) is 0 Å². The van der Waals surface area contributed by atoms with Crippen LogP contribution in [0.15, 0.2) is 24.4 Å². The van der Waals surface area contributed by atoms with Gasteiger partial charge in [0.25, 0.3) is 0 Å². The Morgan fingerprint density at radius 2 is 2.00 bits per heavy atom. The zero-order valence-electron chi connectivity index (χ0n) is 12.5. The topological polar surface area (TPSA) is 53.9 Å². The van der Waals surface area contributed by atoms with Gasteiger partial charge in [0, 0.05) is 36.7 Å². The third-order valence-electron chi connectivity index (χ3n) is 3.12. The molecule has 0 radical (unpaired) electrons. The average molecular weight is 271 g/mol. The number of aryl methyl sites for hydroxylation is 2. The van der Waals surface area contributed by atoms with Gasteiger partial charge in [-0.25, -0.2) is 9.97 Å². The molecule has 0 aliphatic carbocycles. The van der Waals surface area contributed by atoms with Gasteiger partial charge in [0.1, 0.15) is 0 Å². The molecule has 2 rings (SSSR count). The summed E-state index contributed by atoms with van der Waals surface area (Å²) in [7, 11) is 3.90. The lowest BCUT2D eigenvalue weighted by atomic mass is 10.2. The summed E-state index contributed by atoms with van der Waals surface area (Å²) < 4.78 is 0. The van der Waals surface area contributed by atoms with Gasteiger partial charge in [-0.15, -0.1) is 0 Å². The van der Waals surface area contributed by atoms with E-state index in [2.05, 4.69) is 20.3 Å². The van der Waals surface area contributed by atoms with Crippen LogP contribution in [-0.4, -0.2) is 29.0 Å². The summed E-state index contributed by atoms with van der Waals surface area (Å²) >= 11 is 0. The summed E-state index contributed by atoms with van der Waals surface area (Å²) in [4.78, 5) is 15.5. The van der Waals surface area contributed by atoms with Crippen LogP contribution in [0, 0.1) is 13.8 Å². The van der Waals surface area contributed by atoms with E-state index in [1.54, 1.807) is 0 Å². The van der Waals surface area contributed by atoms with Gasteiger partial charge in [-0.1, -0.05) is 6.07 Å². The van der Waals surface area contributed by atoms with Crippen LogP contribution in [0.3, 0.4) is 0 Å². The number of rotatable bonds is 5. The van der Waals surface area contributed by atoms with Crippen molar-refractivity contribution in [3.05, 3.63) is 47.0 Å². The molecule has 0 saturated heterocycles. The number of hydrogen-bond donors (Lipinski definition) is 1. The van der Waals surface area contributed by atoms with Crippen LogP contribution in [0.2, 0.25) is 0 Å². The summed E-state index contributed by atoms with van der Waals surface area (Å²) in [6, 6.07) is 6.04. The fraction of sp³-hybridized carbons (Fsp3) is 0.400. The van der Waals surface area contributed by atoms with Gasteiger partial charge in [0.2, 0.25) is 5.95 Å². The fourth-order valence-corrected chi connectivity index (χ4v) is 2.03. The van der Waals surface area contributed by atoms with Crippen LogP contribution in [0.1, 0.15) is 22.6 Å². The second-order valence-corrected chi connectivity index (χ2v) is 4.94. The van der Waals surface area contributed by atoms with Crippen molar-refractivity contribution < 1.29 is 0 Å². The summed E-state index contributed by atoms with van der Waals surface area (Å²) in [5.41, 5.74) is 4.18. The second kappa shape index (κ2) is 6.43. The Hall–Kier alpha value is -2.01. The lowest BCUT2D eigenvalue weighted by molar-refractivity contribution is 0.781. The van der Waals surface area contributed by atoms with Crippen LogP contribution < -0.4 is 10.2 Å². The van der Waals surface area contributed by atoms with E-state index in [0.717, 1.165) is 35.1 Å². The molecule has 5 nitrogen and oxygen atoms in total. The molecule has 0 fully saturated rings. The molecule has 0 bridgehead atoms. The summed E-state index contributed by atoms with van der Waals surface area (Å²) in [6.45, 7) is 5.50. The Morgan fingerprint density at radius 3 is 2.65 bits per heavy atom. The Balaban J connectivity index is 2.13. The van der Waals surface area contributed by atoms with Gasteiger partial charge in [-0.3, -0.25) is 4.98 Å². The van der Waals surface area contributed by atoms with Gasteiger partial charge < -0.3 is 10.2 Å². The summed E-state index contributed by atoms with van der Waals surface area (Å²) in [5, 5.41) is 3.12. The highest BCUT2D eigenvalue weighted by Crippen LogP contribution is 2.12. The Morgan fingerprint density at radius 1 is 1.20 bits per heavy atom. The zero-order chi connectivity index (χ0) is 14.5. The quantitative estimate of drug-likeness (QED) is 0.899. The molecule has 0 atom stereocenters. The van der Waals surface area contributed by atoms with Crippen molar-refractivity contribution in [2.75, 3.05) is 19.0 Å². The van der Waals surface area contributed by atoms with Crippen LogP contribution in [-0.2, 0) is 13.1 Å². The molecule has 0 unspecified atom stereocenters.